The summed E-state index contributed by atoms with van der Waals surface area (Å²) in [6.07, 6.45) is 0.0891. The number of hydrogen-bond donors (Lipinski definition) is 3. The number of halogens is 1. The van der Waals surface area contributed by atoms with E-state index in [2.05, 4.69) is 15.4 Å². The minimum Gasteiger partial charge on any atom is -0.466 e. The number of amides is 2. The summed E-state index contributed by atoms with van der Waals surface area (Å²) in [6, 6.07) is 2.58. The summed E-state index contributed by atoms with van der Waals surface area (Å²) in [5.74, 6) is -2.16. The van der Waals surface area contributed by atoms with E-state index in [1.807, 2.05) is 0 Å². The molecule has 2 aliphatic rings. The Morgan fingerprint density at radius 3 is 2.88 bits per heavy atom. The summed E-state index contributed by atoms with van der Waals surface area (Å²) in [5.41, 5.74) is 0.867. The van der Waals surface area contributed by atoms with Gasteiger partial charge in [0.05, 0.1) is 37.9 Å². The first-order valence-corrected chi connectivity index (χ1v) is 7.55. The van der Waals surface area contributed by atoms with E-state index in [1.54, 1.807) is 0 Å². The maximum Gasteiger partial charge on any atom is 0.337 e. The van der Waals surface area contributed by atoms with E-state index in [0.29, 0.717) is 11.3 Å². The fourth-order valence-corrected chi connectivity index (χ4v) is 2.82. The van der Waals surface area contributed by atoms with Crippen LogP contribution in [0.15, 0.2) is 23.4 Å². The molecule has 0 saturated heterocycles. The molecule has 3 N–H and O–H groups in total. The number of fused-ring (bicyclic) bond motifs is 1. The van der Waals surface area contributed by atoms with E-state index < -0.39 is 17.7 Å². The number of esters is 1. The monoisotopic (exact) mass is 349 g/mol. The molecule has 2 aliphatic heterocycles. The molecule has 9 heteroatoms. The van der Waals surface area contributed by atoms with Crippen molar-refractivity contribution in [3.05, 3.63) is 34.8 Å². The Balaban J connectivity index is 1.94. The van der Waals surface area contributed by atoms with Crippen molar-refractivity contribution in [2.75, 3.05) is 37.4 Å². The minimum absolute atomic E-state index is 0.0350. The van der Waals surface area contributed by atoms with Gasteiger partial charge in [0, 0.05) is 12.2 Å². The molecule has 3 rings (SSSR count). The van der Waals surface area contributed by atoms with Crippen molar-refractivity contribution in [1.82, 2.24) is 4.90 Å². The molecule has 0 radical (unpaired) electrons. The highest BCUT2D eigenvalue weighted by Gasteiger charge is 2.35. The van der Waals surface area contributed by atoms with Crippen molar-refractivity contribution >= 4 is 29.2 Å². The van der Waals surface area contributed by atoms with Gasteiger partial charge < -0.3 is 25.4 Å². The lowest BCUT2D eigenvalue weighted by atomic mass is 10.1. The van der Waals surface area contributed by atoms with E-state index in [4.69, 9.17) is 5.11 Å². The molecule has 0 bridgehead atoms. The van der Waals surface area contributed by atoms with Crippen LogP contribution >= 0.6 is 0 Å². The summed E-state index contributed by atoms with van der Waals surface area (Å²) in [7, 11) is 1.18. The Labute approximate surface area is 142 Å². The molecule has 0 saturated carbocycles. The van der Waals surface area contributed by atoms with Gasteiger partial charge in [-0.25, -0.2) is 9.18 Å². The number of carbonyl (C=O) groups is 3. The van der Waals surface area contributed by atoms with Crippen molar-refractivity contribution in [3.8, 4) is 0 Å². The SMILES string of the molecule is COC(=O)C1=C(Nc2cc3c(cc2F)CC(=O)N3)C(=O)N(CCO)C1. The fourth-order valence-electron chi connectivity index (χ4n) is 2.82. The van der Waals surface area contributed by atoms with Crippen LogP contribution in [0.3, 0.4) is 0 Å². The molecule has 0 atom stereocenters. The zero-order valence-corrected chi connectivity index (χ0v) is 13.4. The van der Waals surface area contributed by atoms with Crippen LogP contribution in [0.4, 0.5) is 15.8 Å². The number of nitrogens with one attached hydrogen (secondary N) is 2. The lowest BCUT2D eigenvalue weighted by molar-refractivity contribution is -0.136. The Bertz CT molecular complexity index is 805. The standard InChI is InChI=1S/C16H16FN3O5/c1-25-16(24)9-7-20(2-3-21)15(23)14(9)19-12-6-11-8(4-10(12)17)5-13(22)18-11/h4,6,19,21H,2-3,5,7H2,1H3,(H,18,22). The van der Waals surface area contributed by atoms with Crippen molar-refractivity contribution in [1.29, 1.82) is 0 Å². The lowest BCUT2D eigenvalue weighted by Gasteiger charge is -2.15. The number of aliphatic hydroxyl groups is 1. The first-order chi connectivity index (χ1) is 11.9. The smallest absolute Gasteiger partial charge is 0.337 e. The number of anilines is 2. The second kappa shape index (κ2) is 6.52. The molecule has 2 heterocycles. The van der Waals surface area contributed by atoms with Crippen LogP contribution in [-0.2, 0) is 25.5 Å². The van der Waals surface area contributed by atoms with Gasteiger partial charge in [-0.1, -0.05) is 0 Å². The summed E-state index contributed by atoms with van der Waals surface area (Å²) < 4.78 is 19.0. The Kier molecular flexibility index (Phi) is 4.41. The quantitative estimate of drug-likeness (QED) is 0.646. The molecule has 0 spiro atoms. The third-order valence-electron chi connectivity index (χ3n) is 4.03. The number of ether oxygens (including phenoxy) is 1. The van der Waals surface area contributed by atoms with Crippen LogP contribution in [0.2, 0.25) is 0 Å². The van der Waals surface area contributed by atoms with Crippen LogP contribution in [-0.4, -0.2) is 54.6 Å². The van der Waals surface area contributed by atoms with Gasteiger partial charge >= 0.3 is 5.97 Å². The van der Waals surface area contributed by atoms with Gasteiger partial charge in [0.25, 0.3) is 5.91 Å². The second-order valence-corrected chi connectivity index (χ2v) is 5.63. The van der Waals surface area contributed by atoms with Gasteiger partial charge in [-0.05, 0) is 17.7 Å². The second-order valence-electron chi connectivity index (χ2n) is 5.63. The number of carbonyl (C=O) groups excluding carboxylic acids is 3. The number of β-amino-alcohol motifs (C(OH)–C–C–N with tert-alkyl or cyclic N) is 1. The van der Waals surface area contributed by atoms with Gasteiger partial charge in [-0.2, -0.15) is 0 Å². The highest BCUT2D eigenvalue weighted by atomic mass is 19.1. The van der Waals surface area contributed by atoms with Gasteiger partial charge in [0.15, 0.2) is 0 Å². The summed E-state index contributed by atoms with van der Waals surface area (Å²) in [5, 5.41) is 14.3. The van der Waals surface area contributed by atoms with Crippen molar-refractivity contribution in [2.24, 2.45) is 0 Å². The fraction of sp³-hybridized carbons (Fsp3) is 0.312. The van der Waals surface area contributed by atoms with E-state index in [0.717, 1.165) is 0 Å². The summed E-state index contributed by atoms with van der Waals surface area (Å²) in [4.78, 5) is 37.0. The number of methoxy groups -OCH3 is 1. The molecule has 0 aromatic heterocycles. The Morgan fingerprint density at radius 1 is 1.44 bits per heavy atom. The van der Waals surface area contributed by atoms with E-state index in [-0.39, 0.29) is 49.0 Å². The number of aliphatic hydroxyl groups excluding tert-OH is 1. The van der Waals surface area contributed by atoms with Crippen LogP contribution in [0.1, 0.15) is 5.56 Å². The largest absolute Gasteiger partial charge is 0.466 e. The predicted octanol–water partition coefficient (Wildman–Crippen LogP) is -0.00620. The van der Waals surface area contributed by atoms with Crippen LogP contribution in [0, 0.1) is 5.82 Å². The molecule has 0 unspecified atom stereocenters. The summed E-state index contributed by atoms with van der Waals surface area (Å²) in [6.45, 7) is -0.280. The summed E-state index contributed by atoms with van der Waals surface area (Å²) >= 11 is 0. The molecule has 132 valence electrons. The third kappa shape index (κ3) is 3.05. The first kappa shape index (κ1) is 16.9. The average molecular weight is 349 g/mol. The van der Waals surface area contributed by atoms with Crippen LogP contribution < -0.4 is 10.6 Å². The molecule has 25 heavy (non-hydrogen) atoms. The highest BCUT2D eigenvalue weighted by Crippen LogP contribution is 2.31. The molecule has 2 amide bonds. The molecule has 1 aromatic rings. The van der Waals surface area contributed by atoms with E-state index in [9.17, 15) is 18.8 Å². The van der Waals surface area contributed by atoms with E-state index >= 15 is 0 Å². The average Bonchev–Trinajstić information content (AvgIpc) is 3.08. The molecular weight excluding hydrogens is 333 g/mol. The number of benzene rings is 1. The zero-order chi connectivity index (χ0) is 18.1. The van der Waals surface area contributed by atoms with Gasteiger partial charge in [0.2, 0.25) is 5.91 Å². The third-order valence-corrected chi connectivity index (χ3v) is 4.03. The van der Waals surface area contributed by atoms with Crippen LogP contribution in [0.25, 0.3) is 0 Å². The molecule has 0 aliphatic carbocycles. The highest BCUT2D eigenvalue weighted by molar-refractivity contribution is 6.09. The minimum atomic E-state index is -0.717. The maximum atomic E-state index is 14.3. The molecular formula is C16H16FN3O5. The van der Waals surface area contributed by atoms with Crippen molar-refractivity contribution in [3.63, 3.8) is 0 Å². The number of hydrogen-bond acceptors (Lipinski definition) is 6. The normalized spacial score (nSPS) is 16.2. The van der Waals surface area contributed by atoms with Crippen molar-refractivity contribution in [2.45, 2.75) is 6.42 Å². The maximum absolute atomic E-state index is 14.3. The molecule has 1 aromatic carbocycles. The van der Waals surface area contributed by atoms with Gasteiger partial charge in [0.1, 0.15) is 11.5 Å². The zero-order valence-electron chi connectivity index (χ0n) is 13.4. The number of rotatable bonds is 5. The molecule has 0 fully saturated rings. The van der Waals surface area contributed by atoms with Crippen molar-refractivity contribution < 1.29 is 28.6 Å². The van der Waals surface area contributed by atoms with Crippen LogP contribution in [0.5, 0.6) is 0 Å². The predicted molar refractivity (Wildman–Crippen MR) is 85.1 cm³/mol. The van der Waals surface area contributed by atoms with Gasteiger partial charge in [-0.15, -0.1) is 0 Å². The lowest BCUT2D eigenvalue weighted by Crippen LogP contribution is -2.31. The first-order valence-electron chi connectivity index (χ1n) is 7.55. The topological polar surface area (TPSA) is 108 Å². The molecule has 8 nitrogen and oxygen atoms in total. The number of nitrogens with zero attached hydrogens (tertiary/aromatic N) is 1. The van der Waals surface area contributed by atoms with E-state index in [1.165, 1.54) is 24.1 Å². The van der Waals surface area contributed by atoms with Gasteiger partial charge in [-0.3, -0.25) is 9.59 Å². The Hall–Kier alpha value is -2.94. The Morgan fingerprint density at radius 2 is 2.20 bits per heavy atom.